The molecule has 0 amide bonds. The second-order valence-electron chi connectivity index (χ2n) is 7.32. The molecule has 5 atom stereocenters. The van der Waals surface area contributed by atoms with E-state index < -0.39 is 0 Å². The molecule has 0 aromatic heterocycles. The Morgan fingerprint density at radius 2 is 2.14 bits per heavy atom. The van der Waals surface area contributed by atoms with Gasteiger partial charge in [-0.1, -0.05) is 28.9 Å². The van der Waals surface area contributed by atoms with Crippen molar-refractivity contribution in [1.82, 2.24) is 0 Å². The fourth-order valence-corrected chi connectivity index (χ4v) is 6.24. The van der Waals surface area contributed by atoms with Gasteiger partial charge in [0.2, 0.25) is 0 Å². The summed E-state index contributed by atoms with van der Waals surface area (Å²) in [5.74, 6) is 2.55. The first-order valence-corrected chi connectivity index (χ1v) is 8.92. The summed E-state index contributed by atoms with van der Waals surface area (Å²) in [6.45, 7) is 2.20. The lowest BCUT2D eigenvalue weighted by Crippen LogP contribution is -2.42. The van der Waals surface area contributed by atoms with E-state index in [9.17, 15) is 9.90 Å². The van der Waals surface area contributed by atoms with Gasteiger partial charge in [-0.2, -0.15) is 0 Å². The van der Waals surface area contributed by atoms with Crippen molar-refractivity contribution in [2.45, 2.75) is 49.8 Å². The van der Waals surface area contributed by atoms with Crippen molar-refractivity contribution in [2.24, 2.45) is 17.3 Å². The van der Waals surface area contributed by atoms with E-state index in [1.165, 1.54) is 11.1 Å². The quantitative estimate of drug-likeness (QED) is 0.713. The average Bonchev–Trinajstić information content (AvgIpc) is 2.70. The molecule has 0 heterocycles. The third kappa shape index (κ3) is 1.86. The zero-order valence-electron chi connectivity index (χ0n) is 12.3. The highest BCUT2D eigenvalue weighted by atomic mass is 79.9. The predicted molar refractivity (Wildman–Crippen MR) is 85.8 cm³/mol. The van der Waals surface area contributed by atoms with Crippen molar-refractivity contribution >= 4 is 21.7 Å². The Morgan fingerprint density at radius 3 is 2.95 bits per heavy atom. The highest BCUT2D eigenvalue weighted by molar-refractivity contribution is 9.10. The minimum atomic E-state index is -0.107. The first-order valence-electron chi connectivity index (χ1n) is 8.01. The van der Waals surface area contributed by atoms with E-state index in [0.29, 0.717) is 29.3 Å². The maximum Gasteiger partial charge on any atom is 0.152 e. The van der Waals surface area contributed by atoms with Gasteiger partial charge < -0.3 is 5.11 Å². The summed E-state index contributed by atoms with van der Waals surface area (Å²) in [6.07, 6.45) is 5.33. The van der Waals surface area contributed by atoms with Gasteiger partial charge in [-0.15, -0.1) is 0 Å². The molecule has 2 saturated carbocycles. The Kier molecular flexibility index (Phi) is 3.01. The van der Waals surface area contributed by atoms with Crippen LogP contribution in [0.1, 0.15) is 49.7 Å². The number of phenolic OH excluding ortho intramolecular Hbond substituents is 1. The molecule has 0 bridgehead atoms. The summed E-state index contributed by atoms with van der Waals surface area (Å²) in [6, 6.07) is 5.88. The number of aromatic hydroxyl groups is 1. The van der Waals surface area contributed by atoms with E-state index >= 15 is 0 Å². The second-order valence-corrected chi connectivity index (χ2v) is 8.43. The molecule has 2 fully saturated rings. The lowest BCUT2D eigenvalue weighted by Gasteiger charge is -2.48. The highest BCUT2D eigenvalue weighted by Crippen LogP contribution is 2.60. The summed E-state index contributed by atoms with van der Waals surface area (Å²) in [7, 11) is 0. The van der Waals surface area contributed by atoms with Gasteiger partial charge in [0.1, 0.15) is 5.75 Å². The van der Waals surface area contributed by atoms with Crippen LogP contribution in [0.2, 0.25) is 0 Å². The molecule has 2 nitrogen and oxygen atoms in total. The SMILES string of the molecule is C[C@]12CC[C@@H]3c4ccc(O)cc4CC[C@H]3C1CC(Br)C2=O. The van der Waals surface area contributed by atoms with Crippen molar-refractivity contribution in [1.29, 1.82) is 0 Å². The second kappa shape index (κ2) is 4.58. The highest BCUT2D eigenvalue weighted by Gasteiger charge is 2.57. The molecule has 1 N–H and O–H groups in total. The van der Waals surface area contributed by atoms with E-state index in [2.05, 4.69) is 28.9 Å². The fourth-order valence-electron chi connectivity index (χ4n) is 5.32. The maximum atomic E-state index is 12.5. The van der Waals surface area contributed by atoms with Gasteiger partial charge in [0.25, 0.3) is 0 Å². The largest absolute Gasteiger partial charge is 0.508 e. The normalized spacial score (nSPS) is 41.3. The molecule has 0 spiro atoms. The van der Waals surface area contributed by atoms with E-state index in [1.54, 1.807) is 0 Å². The van der Waals surface area contributed by atoms with Crippen LogP contribution in [-0.2, 0) is 11.2 Å². The zero-order valence-corrected chi connectivity index (χ0v) is 13.9. The molecule has 2 unspecified atom stereocenters. The summed E-state index contributed by atoms with van der Waals surface area (Å²) >= 11 is 3.60. The third-order valence-corrected chi connectivity index (χ3v) is 7.20. The Labute approximate surface area is 134 Å². The Morgan fingerprint density at radius 1 is 1.33 bits per heavy atom. The van der Waals surface area contributed by atoms with Crippen molar-refractivity contribution in [3.05, 3.63) is 29.3 Å². The maximum absolute atomic E-state index is 12.5. The number of alkyl halides is 1. The zero-order chi connectivity index (χ0) is 14.8. The predicted octanol–water partition coefficient (Wildman–Crippen LogP) is 4.19. The smallest absolute Gasteiger partial charge is 0.152 e. The molecule has 3 aliphatic rings. The number of aryl methyl sites for hydroxylation is 1. The number of carbonyl (C=O) groups excluding carboxylic acids is 1. The van der Waals surface area contributed by atoms with Crippen LogP contribution in [0.15, 0.2) is 18.2 Å². The topological polar surface area (TPSA) is 37.3 Å². The number of phenols is 1. The summed E-state index contributed by atoms with van der Waals surface area (Å²) in [5, 5.41) is 9.69. The fraction of sp³-hybridized carbons (Fsp3) is 0.611. The van der Waals surface area contributed by atoms with Crippen molar-refractivity contribution in [3.8, 4) is 5.75 Å². The van der Waals surface area contributed by atoms with Gasteiger partial charge >= 0.3 is 0 Å². The lowest BCUT2D eigenvalue weighted by atomic mass is 9.55. The summed E-state index contributed by atoms with van der Waals surface area (Å²) < 4.78 is 0. The van der Waals surface area contributed by atoms with Gasteiger partial charge in [0, 0.05) is 5.41 Å². The van der Waals surface area contributed by atoms with Crippen molar-refractivity contribution in [3.63, 3.8) is 0 Å². The Hall–Kier alpha value is -0.830. The minimum Gasteiger partial charge on any atom is -0.508 e. The number of halogens is 1. The van der Waals surface area contributed by atoms with E-state index in [1.807, 2.05) is 12.1 Å². The molecule has 112 valence electrons. The van der Waals surface area contributed by atoms with Crippen LogP contribution in [0.5, 0.6) is 5.75 Å². The van der Waals surface area contributed by atoms with Crippen molar-refractivity contribution in [2.75, 3.05) is 0 Å². The number of Topliss-reactive ketones (excluding diaryl/α,β-unsaturated/α-hetero) is 1. The van der Waals surface area contributed by atoms with Crippen LogP contribution < -0.4 is 0 Å². The number of benzene rings is 1. The van der Waals surface area contributed by atoms with Crippen molar-refractivity contribution < 1.29 is 9.90 Å². The molecule has 3 heteroatoms. The standard InChI is InChI=1S/C18H21BrO2/c1-18-7-6-13-12-5-3-11(20)8-10(12)2-4-14(13)15(18)9-16(19)17(18)21/h3,5,8,13-16,20H,2,4,6-7,9H2,1H3/t13-,14-,15?,16?,18+/m1/s1. The molecule has 1 aromatic carbocycles. The van der Waals surface area contributed by atoms with Crippen LogP contribution in [0.25, 0.3) is 0 Å². The first-order chi connectivity index (χ1) is 10.0. The first kappa shape index (κ1) is 13.8. The minimum absolute atomic E-state index is 0.0625. The van der Waals surface area contributed by atoms with E-state index in [0.717, 1.165) is 32.1 Å². The molecule has 3 aliphatic carbocycles. The number of rotatable bonds is 0. The molecule has 0 radical (unpaired) electrons. The lowest BCUT2D eigenvalue weighted by molar-refractivity contribution is -0.128. The number of carbonyl (C=O) groups is 1. The van der Waals surface area contributed by atoms with Gasteiger partial charge in [-0.3, -0.25) is 4.79 Å². The third-order valence-electron chi connectivity index (χ3n) is 6.41. The van der Waals surface area contributed by atoms with Crippen LogP contribution in [0, 0.1) is 17.3 Å². The molecule has 1 aromatic rings. The van der Waals surface area contributed by atoms with Crippen LogP contribution in [0.4, 0.5) is 0 Å². The monoisotopic (exact) mass is 348 g/mol. The Balaban J connectivity index is 1.73. The molecular weight excluding hydrogens is 328 g/mol. The molecule has 4 rings (SSSR count). The van der Waals surface area contributed by atoms with Gasteiger partial charge in [-0.25, -0.2) is 0 Å². The van der Waals surface area contributed by atoms with Crippen LogP contribution >= 0.6 is 15.9 Å². The van der Waals surface area contributed by atoms with Gasteiger partial charge in [-0.05, 0) is 73.1 Å². The number of hydrogen-bond acceptors (Lipinski definition) is 2. The number of ketones is 1. The molecule has 0 aliphatic heterocycles. The van der Waals surface area contributed by atoms with E-state index in [4.69, 9.17) is 0 Å². The van der Waals surface area contributed by atoms with E-state index in [-0.39, 0.29) is 10.2 Å². The van der Waals surface area contributed by atoms with Crippen LogP contribution in [0.3, 0.4) is 0 Å². The van der Waals surface area contributed by atoms with Gasteiger partial charge in [0.05, 0.1) is 4.83 Å². The van der Waals surface area contributed by atoms with Gasteiger partial charge in [0.15, 0.2) is 5.78 Å². The molecular formula is C18H21BrO2. The van der Waals surface area contributed by atoms with Crippen LogP contribution in [-0.4, -0.2) is 15.7 Å². The number of fused-ring (bicyclic) bond motifs is 5. The summed E-state index contributed by atoms with van der Waals surface area (Å²) in [5.41, 5.74) is 2.64. The number of hydrogen-bond donors (Lipinski definition) is 1. The Bertz CT molecular complexity index is 611. The summed E-state index contributed by atoms with van der Waals surface area (Å²) in [4.78, 5) is 12.6. The average molecular weight is 349 g/mol. The molecule has 0 saturated heterocycles. The molecule has 21 heavy (non-hydrogen) atoms.